The van der Waals surface area contributed by atoms with E-state index in [4.69, 9.17) is 5.73 Å². The summed E-state index contributed by atoms with van der Waals surface area (Å²) < 4.78 is 1.81. The Morgan fingerprint density at radius 2 is 2.04 bits per heavy atom. The minimum absolute atomic E-state index is 0.0297. The molecule has 0 aliphatic carbocycles. The zero-order chi connectivity index (χ0) is 17.8. The SMILES string of the molecule is Nc1ccc2nc(SCC(=O)NCc3ccc([N+](=O)[O-])cc3)sc2c1. The number of hydrogen-bond acceptors (Lipinski definition) is 7. The van der Waals surface area contributed by atoms with Crippen LogP contribution >= 0.6 is 23.1 Å². The molecule has 2 aromatic carbocycles. The Bertz CT molecular complexity index is 925. The van der Waals surface area contributed by atoms with E-state index < -0.39 is 4.92 Å². The highest BCUT2D eigenvalue weighted by molar-refractivity contribution is 8.01. The third-order valence-electron chi connectivity index (χ3n) is 3.36. The molecule has 0 spiro atoms. The highest BCUT2D eigenvalue weighted by atomic mass is 32.2. The molecular formula is C16H14N4O3S2. The van der Waals surface area contributed by atoms with Crippen LogP contribution in [0.4, 0.5) is 11.4 Å². The molecule has 0 aliphatic heterocycles. The van der Waals surface area contributed by atoms with Crippen LogP contribution in [0.2, 0.25) is 0 Å². The third-order valence-corrected chi connectivity index (χ3v) is 5.52. The quantitative estimate of drug-likeness (QED) is 0.297. The zero-order valence-electron chi connectivity index (χ0n) is 13.0. The molecule has 0 unspecified atom stereocenters. The molecular weight excluding hydrogens is 360 g/mol. The van der Waals surface area contributed by atoms with Gasteiger partial charge in [0.15, 0.2) is 4.34 Å². The number of carbonyl (C=O) groups excluding carboxylic acids is 1. The van der Waals surface area contributed by atoms with Crippen LogP contribution in [0.15, 0.2) is 46.8 Å². The highest BCUT2D eigenvalue weighted by Gasteiger charge is 2.09. The van der Waals surface area contributed by atoms with Gasteiger partial charge in [-0.05, 0) is 23.8 Å². The van der Waals surface area contributed by atoms with Crippen molar-refractivity contribution in [1.82, 2.24) is 10.3 Å². The number of amides is 1. The molecule has 1 amide bonds. The zero-order valence-corrected chi connectivity index (χ0v) is 14.6. The van der Waals surface area contributed by atoms with E-state index >= 15 is 0 Å². The van der Waals surface area contributed by atoms with E-state index in [1.807, 2.05) is 12.1 Å². The van der Waals surface area contributed by atoms with Gasteiger partial charge < -0.3 is 11.1 Å². The van der Waals surface area contributed by atoms with E-state index in [0.717, 1.165) is 20.1 Å². The predicted molar refractivity (Wildman–Crippen MR) is 99.7 cm³/mol. The summed E-state index contributed by atoms with van der Waals surface area (Å²) in [6.45, 7) is 0.327. The maximum Gasteiger partial charge on any atom is 0.269 e. The number of aromatic nitrogens is 1. The lowest BCUT2D eigenvalue weighted by Crippen LogP contribution is -2.24. The van der Waals surface area contributed by atoms with Gasteiger partial charge in [0.05, 0.1) is 20.9 Å². The van der Waals surface area contributed by atoms with Crippen molar-refractivity contribution in [3.63, 3.8) is 0 Å². The number of nitrogens with zero attached hydrogens (tertiary/aromatic N) is 2. The molecule has 128 valence electrons. The average molecular weight is 374 g/mol. The molecule has 0 fully saturated rings. The van der Waals surface area contributed by atoms with Crippen molar-refractivity contribution in [1.29, 1.82) is 0 Å². The lowest BCUT2D eigenvalue weighted by atomic mass is 10.2. The van der Waals surface area contributed by atoms with Gasteiger partial charge in [0.25, 0.3) is 5.69 Å². The molecule has 1 heterocycles. The lowest BCUT2D eigenvalue weighted by Gasteiger charge is -2.04. The monoisotopic (exact) mass is 374 g/mol. The van der Waals surface area contributed by atoms with Gasteiger partial charge in [-0.3, -0.25) is 14.9 Å². The molecule has 3 rings (SSSR count). The maximum absolute atomic E-state index is 12.0. The highest BCUT2D eigenvalue weighted by Crippen LogP contribution is 2.30. The van der Waals surface area contributed by atoms with Crippen molar-refractivity contribution in [2.24, 2.45) is 0 Å². The molecule has 0 radical (unpaired) electrons. The normalized spacial score (nSPS) is 10.7. The van der Waals surface area contributed by atoms with Crippen LogP contribution in [0, 0.1) is 10.1 Å². The molecule has 3 N–H and O–H groups in total. The summed E-state index contributed by atoms with van der Waals surface area (Å²) in [5.41, 5.74) is 8.14. The van der Waals surface area contributed by atoms with Gasteiger partial charge in [-0.2, -0.15) is 0 Å². The number of thiazole rings is 1. The van der Waals surface area contributed by atoms with E-state index in [1.165, 1.54) is 35.2 Å². The number of fused-ring (bicyclic) bond motifs is 1. The molecule has 0 saturated heterocycles. The molecule has 7 nitrogen and oxygen atoms in total. The Morgan fingerprint density at radius 1 is 1.28 bits per heavy atom. The van der Waals surface area contributed by atoms with Crippen molar-refractivity contribution in [2.75, 3.05) is 11.5 Å². The molecule has 1 aromatic heterocycles. The Balaban J connectivity index is 1.51. The number of rotatable bonds is 6. The number of hydrogen-bond donors (Lipinski definition) is 2. The first-order chi connectivity index (χ1) is 12.0. The molecule has 9 heteroatoms. The van der Waals surface area contributed by atoms with E-state index in [1.54, 1.807) is 18.2 Å². The second-order valence-corrected chi connectivity index (χ2v) is 7.45. The van der Waals surface area contributed by atoms with E-state index in [0.29, 0.717) is 12.2 Å². The van der Waals surface area contributed by atoms with E-state index in [2.05, 4.69) is 10.3 Å². The van der Waals surface area contributed by atoms with E-state index in [-0.39, 0.29) is 17.3 Å². The van der Waals surface area contributed by atoms with Gasteiger partial charge in [0.1, 0.15) is 0 Å². The van der Waals surface area contributed by atoms with Crippen molar-refractivity contribution in [2.45, 2.75) is 10.9 Å². The summed E-state index contributed by atoms with van der Waals surface area (Å²) in [6, 6.07) is 11.6. The van der Waals surface area contributed by atoms with Gasteiger partial charge in [-0.25, -0.2) is 4.98 Å². The molecule has 0 bridgehead atoms. The van der Waals surface area contributed by atoms with Crippen LogP contribution in [-0.2, 0) is 11.3 Å². The first kappa shape index (κ1) is 17.2. The van der Waals surface area contributed by atoms with E-state index in [9.17, 15) is 14.9 Å². The van der Waals surface area contributed by atoms with Crippen molar-refractivity contribution < 1.29 is 9.72 Å². The number of carbonyl (C=O) groups is 1. The first-order valence-electron chi connectivity index (χ1n) is 7.30. The van der Waals surface area contributed by atoms with Crippen LogP contribution in [0.3, 0.4) is 0 Å². The average Bonchev–Trinajstić information content (AvgIpc) is 3.00. The van der Waals surface area contributed by atoms with Gasteiger partial charge in [0.2, 0.25) is 5.91 Å². The smallest absolute Gasteiger partial charge is 0.269 e. The number of nitrogens with one attached hydrogen (secondary N) is 1. The van der Waals surface area contributed by atoms with Crippen LogP contribution in [0.1, 0.15) is 5.56 Å². The third kappa shape index (κ3) is 4.46. The number of nitrogens with two attached hydrogens (primary N) is 1. The molecule has 0 aliphatic rings. The number of nitrogen functional groups attached to an aromatic ring is 1. The first-order valence-corrected chi connectivity index (χ1v) is 9.10. The number of benzene rings is 2. The number of non-ortho nitro benzene ring substituents is 1. The van der Waals surface area contributed by atoms with Crippen LogP contribution in [-0.4, -0.2) is 21.6 Å². The molecule has 0 saturated carbocycles. The van der Waals surface area contributed by atoms with Gasteiger partial charge >= 0.3 is 0 Å². The lowest BCUT2D eigenvalue weighted by molar-refractivity contribution is -0.384. The topological polar surface area (TPSA) is 111 Å². The number of nitro benzene ring substituents is 1. The number of thioether (sulfide) groups is 1. The van der Waals surface area contributed by atoms with Crippen LogP contribution in [0.5, 0.6) is 0 Å². The Labute approximate surface area is 151 Å². The van der Waals surface area contributed by atoms with Crippen molar-refractivity contribution in [3.8, 4) is 0 Å². The fourth-order valence-corrected chi connectivity index (χ4v) is 4.04. The van der Waals surface area contributed by atoms with Crippen molar-refractivity contribution >= 4 is 50.6 Å². The molecule has 0 atom stereocenters. The number of nitro groups is 1. The summed E-state index contributed by atoms with van der Waals surface area (Å²) in [7, 11) is 0. The maximum atomic E-state index is 12.0. The second kappa shape index (κ2) is 7.49. The van der Waals surface area contributed by atoms with Crippen molar-refractivity contribution in [3.05, 3.63) is 58.1 Å². The summed E-state index contributed by atoms with van der Waals surface area (Å²) in [5.74, 6) is 0.129. The second-order valence-electron chi connectivity index (χ2n) is 5.20. The van der Waals surface area contributed by atoms with Gasteiger partial charge in [-0.15, -0.1) is 11.3 Å². The summed E-state index contributed by atoms with van der Waals surface area (Å²) in [4.78, 5) is 26.6. The minimum Gasteiger partial charge on any atom is -0.399 e. The Kier molecular flexibility index (Phi) is 5.15. The summed E-state index contributed by atoms with van der Waals surface area (Å²) in [5, 5.41) is 13.4. The Hall–Kier alpha value is -2.65. The number of anilines is 1. The van der Waals surface area contributed by atoms with Gasteiger partial charge in [-0.1, -0.05) is 23.9 Å². The standard InChI is InChI=1S/C16H14N4O3S2/c17-11-3-6-13-14(7-11)25-16(19-13)24-9-15(21)18-8-10-1-4-12(5-2-10)20(22)23/h1-7H,8-9,17H2,(H,18,21). The largest absolute Gasteiger partial charge is 0.399 e. The fraction of sp³-hybridized carbons (Fsp3) is 0.125. The van der Waals surface area contributed by atoms with Gasteiger partial charge in [0, 0.05) is 24.4 Å². The van der Waals surface area contributed by atoms with Crippen LogP contribution < -0.4 is 11.1 Å². The summed E-state index contributed by atoms with van der Waals surface area (Å²) in [6.07, 6.45) is 0. The van der Waals surface area contributed by atoms with Crippen LogP contribution in [0.25, 0.3) is 10.2 Å². The summed E-state index contributed by atoms with van der Waals surface area (Å²) >= 11 is 2.87. The molecule has 3 aromatic rings. The minimum atomic E-state index is -0.454. The fourth-order valence-electron chi connectivity index (χ4n) is 2.10. The predicted octanol–water partition coefficient (Wildman–Crippen LogP) is 3.20. The Morgan fingerprint density at radius 3 is 2.76 bits per heavy atom. The molecule has 25 heavy (non-hydrogen) atoms.